The number of hydrogen-bond acceptors (Lipinski definition) is 1. The van der Waals surface area contributed by atoms with E-state index in [-0.39, 0.29) is 0 Å². The maximum atomic E-state index is 8.00. The van der Waals surface area contributed by atoms with Crippen LogP contribution in [-0.2, 0) is 4.79 Å². The molecule has 0 aromatic heterocycles. The van der Waals surface area contributed by atoms with E-state index in [9.17, 15) is 0 Å². The van der Waals surface area contributed by atoms with E-state index < -0.39 is 0 Å². The first-order chi connectivity index (χ1) is 16.3. The van der Waals surface area contributed by atoms with Crippen LogP contribution in [0.1, 0.15) is 125 Å². The summed E-state index contributed by atoms with van der Waals surface area (Å²) in [6, 6.07) is 0. The molecule has 1 aliphatic carbocycles. The Hall–Kier alpha value is -1.89. The molecule has 1 aliphatic rings. The van der Waals surface area contributed by atoms with Crippen molar-refractivity contribution in [3.8, 4) is 0 Å². The van der Waals surface area contributed by atoms with E-state index in [4.69, 9.17) is 4.79 Å². The van der Waals surface area contributed by atoms with Crippen LogP contribution in [-0.4, -0.2) is 6.79 Å². The summed E-state index contributed by atoms with van der Waals surface area (Å²) < 4.78 is 0. The van der Waals surface area contributed by atoms with Crippen LogP contribution in [0.5, 0.6) is 0 Å². The van der Waals surface area contributed by atoms with Crippen LogP contribution >= 0.6 is 0 Å². The van der Waals surface area contributed by atoms with Gasteiger partial charge in [0.05, 0.1) is 0 Å². The van der Waals surface area contributed by atoms with Gasteiger partial charge in [0.25, 0.3) is 0 Å². The summed E-state index contributed by atoms with van der Waals surface area (Å²) in [4.78, 5) is 8.00. The van der Waals surface area contributed by atoms with Gasteiger partial charge in [-0.1, -0.05) is 70.4 Å². The minimum absolute atomic E-state index is 0.777. The molecule has 1 unspecified atom stereocenters. The maximum Gasteiger partial charge on any atom is 0.106 e. The lowest BCUT2D eigenvalue weighted by Crippen LogP contribution is -2.05. The molecule has 0 saturated carbocycles. The van der Waals surface area contributed by atoms with Crippen LogP contribution in [0.25, 0.3) is 0 Å². The Morgan fingerprint density at radius 1 is 0.794 bits per heavy atom. The highest BCUT2D eigenvalue weighted by molar-refractivity contribution is 5.12. The average molecular weight is 467 g/mol. The minimum atomic E-state index is 0.777. The topological polar surface area (TPSA) is 17.1 Å². The molecule has 1 heteroatoms. The molecule has 0 N–H and O–H groups in total. The normalized spacial score (nSPS) is 16.2. The Morgan fingerprint density at radius 3 is 1.88 bits per heavy atom. The van der Waals surface area contributed by atoms with E-state index in [0.717, 1.165) is 18.8 Å². The second-order valence-electron chi connectivity index (χ2n) is 10.6. The highest BCUT2D eigenvalue weighted by Gasteiger charge is 2.13. The van der Waals surface area contributed by atoms with E-state index >= 15 is 0 Å². The third-order valence-corrected chi connectivity index (χ3v) is 6.54. The molecule has 0 fully saturated rings. The fraction of sp³-hybridized carbons (Fsp3) is 0.606. The molecular weight excluding hydrogens is 412 g/mol. The van der Waals surface area contributed by atoms with Crippen LogP contribution < -0.4 is 0 Å². The van der Waals surface area contributed by atoms with Gasteiger partial charge in [0, 0.05) is 0 Å². The predicted molar refractivity (Wildman–Crippen MR) is 154 cm³/mol. The zero-order valence-electron chi connectivity index (χ0n) is 23.5. The van der Waals surface area contributed by atoms with Gasteiger partial charge in [-0.25, -0.2) is 0 Å². The van der Waals surface area contributed by atoms with Gasteiger partial charge in [-0.2, -0.15) is 0 Å². The molecule has 0 bridgehead atoms. The summed E-state index contributed by atoms with van der Waals surface area (Å²) in [6.07, 6.45) is 28.3. The van der Waals surface area contributed by atoms with Crippen molar-refractivity contribution in [1.82, 2.24) is 0 Å². The SMILES string of the molecule is C=C(CC/C=C(\C)CCC=C(C)C)CCC1C=C(CC/C=C(\C)CCC=C(C)C)CCC1.C=O. The molecule has 1 atom stereocenters. The third kappa shape index (κ3) is 18.5. The van der Waals surface area contributed by atoms with Crippen molar-refractivity contribution in [2.45, 2.75) is 125 Å². The van der Waals surface area contributed by atoms with Crippen molar-refractivity contribution in [2.24, 2.45) is 5.92 Å². The van der Waals surface area contributed by atoms with Gasteiger partial charge in [0.15, 0.2) is 0 Å². The van der Waals surface area contributed by atoms with Crippen molar-refractivity contribution in [3.05, 3.63) is 70.4 Å². The van der Waals surface area contributed by atoms with Gasteiger partial charge in [-0.15, -0.1) is 0 Å². The fourth-order valence-corrected chi connectivity index (χ4v) is 4.45. The molecule has 0 aromatic carbocycles. The number of allylic oxidation sites excluding steroid dienone is 11. The van der Waals surface area contributed by atoms with E-state index in [1.54, 1.807) is 11.1 Å². The van der Waals surface area contributed by atoms with Gasteiger partial charge in [0.1, 0.15) is 6.79 Å². The molecule has 0 radical (unpaired) electrons. The smallest absolute Gasteiger partial charge is 0.106 e. The zero-order valence-corrected chi connectivity index (χ0v) is 23.5. The monoisotopic (exact) mass is 466 g/mol. The van der Waals surface area contributed by atoms with E-state index in [1.807, 2.05) is 6.79 Å². The Kier molecular flexibility index (Phi) is 19.3. The molecule has 0 heterocycles. The van der Waals surface area contributed by atoms with E-state index in [0.29, 0.717) is 0 Å². The molecule has 1 nitrogen and oxygen atoms in total. The van der Waals surface area contributed by atoms with Gasteiger partial charge in [0.2, 0.25) is 0 Å². The molecule has 0 amide bonds. The first-order valence-corrected chi connectivity index (χ1v) is 13.5. The van der Waals surface area contributed by atoms with Crippen molar-refractivity contribution in [3.63, 3.8) is 0 Å². The third-order valence-electron chi connectivity index (χ3n) is 6.54. The molecule has 1 rings (SSSR count). The summed E-state index contributed by atoms with van der Waals surface area (Å²) in [5, 5.41) is 0. The fourth-order valence-electron chi connectivity index (χ4n) is 4.45. The molecule has 34 heavy (non-hydrogen) atoms. The van der Waals surface area contributed by atoms with Crippen LogP contribution in [0.4, 0.5) is 0 Å². The van der Waals surface area contributed by atoms with Gasteiger partial charge in [-0.3, -0.25) is 0 Å². The minimum Gasteiger partial charge on any atom is -0.307 e. The Morgan fingerprint density at radius 2 is 1.32 bits per heavy atom. The number of rotatable bonds is 15. The molecule has 0 saturated heterocycles. The van der Waals surface area contributed by atoms with Crippen LogP contribution in [0.3, 0.4) is 0 Å². The molecule has 0 aromatic rings. The van der Waals surface area contributed by atoms with Crippen LogP contribution in [0, 0.1) is 5.92 Å². The van der Waals surface area contributed by atoms with Crippen LogP contribution in [0.2, 0.25) is 0 Å². The summed E-state index contributed by atoms with van der Waals surface area (Å²) in [6.45, 7) is 19.7. The number of carbonyl (C=O) groups excluding carboxylic acids is 1. The number of hydrogen-bond donors (Lipinski definition) is 0. The quantitative estimate of drug-likeness (QED) is 0.219. The number of carbonyl (C=O) groups is 1. The molecule has 0 aliphatic heterocycles. The second-order valence-corrected chi connectivity index (χ2v) is 10.6. The molecule has 192 valence electrons. The zero-order chi connectivity index (χ0) is 25.8. The first-order valence-electron chi connectivity index (χ1n) is 13.5. The Balaban J connectivity index is 0.00000529. The largest absolute Gasteiger partial charge is 0.307 e. The van der Waals surface area contributed by atoms with Crippen molar-refractivity contribution in [1.29, 1.82) is 0 Å². The first kappa shape index (κ1) is 32.1. The van der Waals surface area contributed by atoms with Crippen molar-refractivity contribution >= 4 is 6.79 Å². The van der Waals surface area contributed by atoms with Crippen LogP contribution in [0.15, 0.2) is 70.4 Å². The molecule has 0 spiro atoms. The van der Waals surface area contributed by atoms with E-state index in [1.165, 1.54) is 92.9 Å². The van der Waals surface area contributed by atoms with E-state index in [2.05, 4.69) is 78.5 Å². The Bertz CT molecular complexity index is 718. The summed E-state index contributed by atoms with van der Waals surface area (Å²) >= 11 is 0. The average Bonchev–Trinajstić information content (AvgIpc) is 2.79. The maximum absolute atomic E-state index is 8.00. The lowest BCUT2D eigenvalue weighted by Gasteiger charge is -2.21. The van der Waals surface area contributed by atoms with Gasteiger partial charge >= 0.3 is 0 Å². The van der Waals surface area contributed by atoms with Gasteiger partial charge in [-0.05, 0) is 131 Å². The predicted octanol–water partition coefficient (Wildman–Crippen LogP) is 10.8. The second kappa shape index (κ2) is 20.5. The lowest BCUT2D eigenvalue weighted by molar-refractivity contribution is -0.0979. The lowest BCUT2D eigenvalue weighted by atomic mass is 9.85. The van der Waals surface area contributed by atoms with Crippen molar-refractivity contribution in [2.75, 3.05) is 0 Å². The van der Waals surface area contributed by atoms with Crippen molar-refractivity contribution < 1.29 is 4.79 Å². The van der Waals surface area contributed by atoms with Gasteiger partial charge < -0.3 is 4.79 Å². The highest BCUT2D eigenvalue weighted by Crippen LogP contribution is 2.30. The standard InChI is InChI=1S/C32H52.CH2O/c1-26(2)13-8-15-28(5)17-10-18-30(7)23-24-32-22-12-21-31(25-32)20-11-19-29(6)16-9-14-27(3)4;1-2/h13-14,17,19,25,32H,7-12,15-16,18,20-24H2,1-6H3;1H2/b28-17+,29-19+;. The summed E-state index contributed by atoms with van der Waals surface area (Å²) in [5.74, 6) is 0.777. The summed E-state index contributed by atoms with van der Waals surface area (Å²) in [5.41, 5.74) is 9.07. The Labute approximate surface area is 212 Å². The summed E-state index contributed by atoms with van der Waals surface area (Å²) in [7, 11) is 0. The highest BCUT2D eigenvalue weighted by atomic mass is 16.1. The molecular formula is C33H54O.